The first-order chi connectivity index (χ1) is 13.1. The van der Waals surface area contributed by atoms with E-state index in [2.05, 4.69) is 42.0 Å². The quantitative estimate of drug-likeness (QED) is 0.658. The van der Waals surface area contributed by atoms with E-state index >= 15 is 0 Å². The molecule has 8 nitrogen and oxygen atoms in total. The molecule has 2 heterocycles. The predicted octanol–water partition coefficient (Wildman–Crippen LogP) is 3.30. The molecule has 0 unspecified atom stereocenters. The lowest BCUT2D eigenvalue weighted by molar-refractivity contribution is -0.140. The summed E-state index contributed by atoms with van der Waals surface area (Å²) in [5.41, 5.74) is 0.139. The number of piperazine rings is 1. The van der Waals surface area contributed by atoms with Crippen LogP contribution >= 0.6 is 31.9 Å². The van der Waals surface area contributed by atoms with Gasteiger partial charge in [0.15, 0.2) is 0 Å². The molecule has 1 aliphatic rings. The zero-order valence-electron chi connectivity index (χ0n) is 15.7. The van der Waals surface area contributed by atoms with Crippen molar-refractivity contribution in [2.45, 2.75) is 20.8 Å². The molecular formula is C18H20Br2N4O4. The van der Waals surface area contributed by atoms with Crippen molar-refractivity contribution < 1.29 is 19.2 Å². The maximum Gasteiger partial charge on any atom is 0.316 e. The minimum Gasteiger partial charge on any atom is -0.506 e. The molecule has 1 saturated heterocycles. The number of carbonyl (C=O) groups is 2. The minimum atomic E-state index is -0.444. The Morgan fingerprint density at radius 1 is 1.07 bits per heavy atom. The Balaban J connectivity index is 1.69. The van der Waals surface area contributed by atoms with Gasteiger partial charge in [-0.1, -0.05) is 25.9 Å². The van der Waals surface area contributed by atoms with E-state index in [9.17, 15) is 14.7 Å². The Hall–Kier alpha value is -1.94. The molecule has 1 aromatic carbocycles. The normalized spacial score (nSPS) is 15.0. The van der Waals surface area contributed by atoms with Crippen LogP contribution in [0.5, 0.6) is 5.75 Å². The molecule has 0 spiro atoms. The number of halogens is 2. The van der Waals surface area contributed by atoms with Crippen LogP contribution in [-0.2, 0) is 4.79 Å². The summed E-state index contributed by atoms with van der Waals surface area (Å²) < 4.78 is 6.08. The molecule has 150 valence electrons. The maximum atomic E-state index is 12.7. The third-order valence-corrected chi connectivity index (χ3v) is 5.59. The van der Waals surface area contributed by atoms with Gasteiger partial charge in [-0.2, -0.15) is 4.98 Å². The van der Waals surface area contributed by atoms with Gasteiger partial charge >= 0.3 is 11.8 Å². The molecule has 0 atom stereocenters. The van der Waals surface area contributed by atoms with Crippen molar-refractivity contribution in [2.75, 3.05) is 26.2 Å². The van der Waals surface area contributed by atoms with Crippen LogP contribution in [0.1, 0.15) is 31.5 Å². The highest BCUT2D eigenvalue weighted by Gasteiger charge is 2.32. The van der Waals surface area contributed by atoms with Crippen LogP contribution in [-0.4, -0.2) is 63.0 Å². The third kappa shape index (κ3) is 4.22. The highest BCUT2D eigenvalue weighted by molar-refractivity contribution is 9.11. The van der Waals surface area contributed by atoms with Crippen molar-refractivity contribution in [2.24, 2.45) is 5.41 Å². The smallest absolute Gasteiger partial charge is 0.316 e. The van der Waals surface area contributed by atoms with Gasteiger partial charge in [0.1, 0.15) is 5.75 Å². The van der Waals surface area contributed by atoms with Gasteiger partial charge in [-0.15, -0.1) is 0 Å². The standard InChI is InChI=1S/C18H20Br2N4O4/c1-18(2,3)17(27)24-6-4-23(5-7-24)16(26)15-21-14(22-28-15)10-8-11(19)13(25)12(20)9-10/h8-9,25H,4-7H2,1-3H3. The minimum absolute atomic E-state index is 0.0613. The third-order valence-electron chi connectivity index (χ3n) is 4.38. The van der Waals surface area contributed by atoms with E-state index in [0.717, 1.165) is 0 Å². The summed E-state index contributed by atoms with van der Waals surface area (Å²) in [6, 6.07) is 3.27. The lowest BCUT2D eigenvalue weighted by Crippen LogP contribution is -2.53. The summed E-state index contributed by atoms with van der Waals surface area (Å²) in [4.78, 5) is 32.6. The van der Waals surface area contributed by atoms with E-state index in [-0.39, 0.29) is 29.3 Å². The fourth-order valence-electron chi connectivity index (χ4n) is 2.84. The van der Waals surface area contributed by atoms with Gasteiger partial charge in [0.25, 0.3) is 0 Å². The second-order valence-corrected chi connectivity index (χ2v) is 9.25. The van der Waals surface area contributed by atoms with E-state index in [1.807, 2.05) is 20.8 Å². The van der Waals surface area contributed by atoms with Crippen LogP contribution in [0.15, 0.2) is 25.6 Å². The van der Waals surface area contributed by atoms with Crippen LogP contribution in [0, 0.1) is 5.41 Å². The molecule has 28 heavy (non-hydrogen) atoms. The number of aromatic nitrogens is 2. The lowest BCUT2D eigenvalue weighted by atomic mass is 9.94. The Morgan fingerprint density at radius 3 is 2.14 bits per heavy atom. The zero-order chi connectivity index (χ0) is 20.6. The van der Waals surface area contributed by atoms with Gasteiger partial charge in [-0.3, -0.25) is 9.59 Å². The number of benzene rings is 1. The Bertz CT molecular complexity index is 892. The van der Waals surface area contributed by atoms with Gasteiger partial charge in [-0.25, -0.2) is 0 Å². The zero-order valence-corrected chi connectivity index (χ0v) is 18.9. The summed E-state index contributed by atoms with van der Waals surface area (Å²) in [7, 11) is 0. The van der Waals surface area contributed by atoms with Gasteiger partial charge in [-0.05, 0) is 44.0 Å². The SMILES string of the molecule is CC(C)(C)C(=O)N1CCN(C(=O)c2nc(-c3cc(Br)c(O)c(Br)c3)no2)CC1. The Kier molecular flexibility index (Phi) is 5.81. The van der Waals surface area contributed by atoms with Crippen LogP contribution in [0.3, 0.4) is 0 Å². The molecule has 1 aromatic heterocycles. The number of hydrogen-bond donors (Lipinski definition) is 1. The molecule has 0 aliphatic carbocycles. The topological polar surface area (TPSA) is 99.8 Å². The highest BCUT2D eigenvalue weighted by atomic mass is 79.9. The molecule has 2 aromatic rings. The first-order valence-electron chi connectivity index (χ1n) is 8.68. The van der Waals surface area contributed by atoms with E-state index in [1.165, 1.54) is 0 Å². The van der Waals surface area contributed by atoms with E-state index in [0.29, 0.717) is 40.7 Å². The predicted molar refractivity (Wildman–Crippen MR) is 109 cm³/mol. The fraction of sp³-hybridized carbons (Fsp3) is 0.444. The van der Waals surface area contributed by atoms with Crippen molar-refractivity contribution >= 4 is 43.7 Å². The summed E-state index contributed by atoms with van der Waals surface area (Å²) in [5, 5.41) is 13.7. The fourth-order valence-corrected chi connectivity index (χ4v) is 4.03. The monoisotopic (exact) mass is 514 g/mol. The van der Waals surface area contributed by atoms with Gasteiger partial charge in [0, 0.05) is 37.2 Å². The number of phenolic OH excluding ortho intramolecular Hbond substituents is 1. The molecule has 10 heteroatoms. The molecule has 3 rings (SSSR count). The van der Waals surface area contributed by atoms with Crippen LogP contribution in [0.25, 0.3) is 11.4 Å². The lowest BCUT2D eigenvalue weighted by Gasteiger charge is -2.37. The average molecular weight is 516 g/mol. The van der Waals surface area contributed by atoms with Crippen molar-refractivity contribution in [3.8, 4) is 17.1 Å². The van der Waals surface area contributed by atoms with Gasteiger partial charge in [0.05, 0.1) is 8.95 Å². The molecule has 0 saturated carbocycles. The molecule has 1 aliphatic heterocycles. The largest absolute Gasteiger partial charge is 0.506 e. The number of hydrogen-bond acceptors (Lipinski definition) is 6. The van der Waals surface area contributed by atoms with Crippen LogP contribution in [0.2, 0.25) is 0 Å². The number of aromatic hydroxyl groups is 1. The molecular weight excluding hydrogens is 496 g/mol. The van der Waals surface area contributed by atoms with E-state index in [1.54, 1.807) is 21.9 Å². The first kappa shape index (κ1) is 20.8. The second kappa shape index (κ2) is 7.82. The van der Waals surface area contributed by atoms with Crippen molar-refractivity contribution in [3.63, 3.8) is 0 Å². The summed E-state index contributed by atoms with van der Waals surface area (Å²) in [5.74, 6) is -0.0925. The summed E-state index contributed by atoms with van der Waals surface area (Å²) in [6.07, 6.45) is 0. The number of amides is 2. The van der Waals surface area contributed by atoms with Crippen molar-refractivity contribution in [3.05, 3.63) is 27.0 Å². The van der Waals surface area contributed by atoms with Gasteiger partial charge in [0.2, 0.25) is 11.7 Å². The average Bonchev–Trinajstić information content (AvgIpc) is 3.14. The van der Waals surface area contributed by atoms with Crippen molar-refractivity contribution in [1.29, 1.82) is 0 Å². The Labute approximate surface area is 179 Å². The Morgan fingerprint density at radius 2 is 1.61 bits per heavy atom. The summed E-state index contributed by atoms with van der Waals surface area (Å²) in [6.45, 7) is 7.41. The van der Waals surface area contributed by atoms with Crippen LogP contribution < -0.4 is 0 Å². The highest BCUT2D eigenvalue weighted by Crippen LogP contribution is 2.36. The van der Waals surface area contributed by atoms with Crippen molar-refractivity contribution in [1.82, 2.24) is 19.9 Å². The van der Waals surface area contributed by atoms with Gasteiger partial charge < -0.3 is 19.4 Å². The summed E-state index contributed by atoms with van der Waals surface area (Å²) >= 11 is 6.50. The number of nitrogens with zero attached hydrogens (tertiary/aromatic N) is 4. The number of rotatable bonds is 2. The van der Waals surface area contributed by atoms with E-state index < -0.39 is 5.41 Å². The number of phenols is 1. The second-order valence-electron chi connectivity index (χ2n) is 7.55. The molecule has 1 N–H and O–H groups in total. The van der Waals surface area contributed by atoms with E-state index in [4.69, 9.17) is 4.52 Å². The van der Waals surface area contributed by atoms with Crippen LogP contribution in [0.4, 0.5) is 0 Å². The molecule has 0 bridgehead atoms. The molecule has 2 amide bonds. The number of carbonyl (C=O) groups excluding carboxylic acids is 2. The first-order valence-corrected chi connectivity index (χ1v) is 10.3. The maximum absolute atomic E-state index is 12.7. The molecule has 0 radical (unpaired) electrons. The molecule has 1 fully saturated rings.